The van der Waals surface area contributed by atoms with E-state index in [1.165, 1.54) is 9.47 Å². The van der Waals surface area contributed by atoms with Gasteiger partial charge in [0, 0.05) is 31.7 Å². The summed E-state index contributed by atoms with van der Waals surface area (Å²) in [5.41, 5.74) is 5.00. The highest BCUT2D eigenvalue weighted by molar-refractivity contribution is 5.77. The molecular formula is C18H19F5N4O. The smallest absolute Gasteiger partial charge is 0.331 e. The van der Waals surface area contributed by atoms with Gasteiger partial charge >= 0.3 is 6.18 Å². The van der Waals surface area contributed by atoms with Crippen LogP contribution in [0, 0.1) is 11.6 Å². The Hall–Kier alpha value is -2.49. The lowest BCUT2D eigenvalue weighted by molar-refractivity contribution is -0.141. The van der Waals surface area contributed by atoms with Crippen LogP contribution < -0.4 is 5.73 Å². The van der Waals surface area contributed by atoms with Crippen molar-refractivity contribution in [1.82, 2.24) is 14.5 Å². The molecule has 1 unspecified atom stereocenters. The second kappa shape index (κ2) is 7.50. The number of imidazole rings is 1. The molecule has 0 saturated heterocycles. The Labute approximate surface area is 157 Å². The number of hydrogen-bond acceptors (Lipinski definition) is 3. The van der Waals surface area contributed by atoms with Gasteiger partial charge in [0.1, 0.15) is 17.5 Å². The predicted molar refractivity (Wildman–Crippen MR) is 90.0 cm³/mol. The van der Waals surface area contributed by atoms with Gasteiger partial charge in [-0.1, -0.05) is 0 Å². The highest BCUT2D eigenvalue weighted by Gasteiger charge is 2.38. The zero-order chi connectivity index (χ0) is 20.6. The highest BCUT2D eigenvalue weighted by atomic mass is 19.4. The first-order valence-electron chi connectivity index (χ1n) is 8.69. The molecule has 28 heavy (non-hydrogen) atoms. The van der Waals surface area contributed by atoms with Crippen molar-refractivity contribution in [3.05, 3.63) is 53.1 Å². The van der Waals surface area contributed by atoms with Crippen LogP contribution in [0.5, 0.6) is 0 Å². The Morgan fingerprint density at radius 2 is 2.04 bits per heavy atom. The molecule has 2 atom stereocenters. The van der Waals surface area contributed by atoms with E-state index in [2.05, 4.69) is 4.98 Å². The Morgan fingerprint density at radius 3 is 2.71 bits per heavy atom. The molecule has 1 amide bonds. The van der Waals surface area contributed by atoms with Gasteiger partial charge in [-0.3, -0.25) is 4.79 Å². The van der Waals surface area contributed by atoms with E-state index < -0.39 is 35.6 Å². The number of halogens is 5. The van der Waals surface area contributed by atoms with Gasteiger partial charge in [0.15, 0.2) is 5.69 Å². The summed E-state index contributed by atoms with van der Waals surface area (Å²) in [7, 11) is 0. The van der Waals surface area contributed by atoms with Gasteiger partial charge in [0.25, 0.3) is 0 Å². The SMILES string of the molecule is CC1c2nc(C(F)(F)F)cn2CCN1C(=O)C[C@H](N)Cc1cc(F)ccc1F. The van der Waals surface area contributed by atoms with E-state index in [0.717, 1.165) is 24.4 Å². The van der Waals surface area contributed by atoms with Crippen LogP contribution >= 0.6 is 0 Å². The van der Waals surface area contributed by atoms with Crippen LogP contribution in [0.2, 0.25) is 0 Å². The predicted octanol–water partition coefficient (Wildman–Crippen LogP) is 3.04. The standard InChI is InChI=1S/C18H19F5N4O/c1-10-17-25-15(18(21,22)23)9-26(17)4-5-27(10)16(28)8-13(24)7-11-6-12(19)2-3-14(11)20/h2-3,6,9-10,13H,4-5,7-8,24H2,1H3/t10?,13-/m1/s1. The van der Waals surface area contributed by atoms with Crippen LogP contribution in [0.25, 0.3) is 0 Å². The molecule has 10 heteroatoms. The maximum Gasteiger partial charge on any atom is 0.434 e. The topological polar surface area (TPSA) is 64.2 Å². The zero-order valence-electron chi connectivity index (χ0n) is 15.0. The minimum absolute atomic E-state index is 0.0373. The Balaban J connectivity index is 1.68. The summed E-state index contributed by atoms with van der Waals surface area (Å²) in [6, 6.07) is 1.59. The second-order valence-corrected chi connectivity index (χ2v) is 6.84. The molecule has 1 aliphatic heterocycles. The van der Waals surface area contributed by atoms with Crippen LogP contribution in [-0.2, 0) is 23.9 Å². The largest absolute Gasteiger partial charge is 0.434 e. The summed E-state index contributed by atoms with van der Waals surface area (Å²) < 4.78 is 67.0. The second-order valence-electron chi connectivity index (χ2n) is 6.84. The van der Waals surface area contributed by atoms with Crippen molar-refractivity contribution in [2.75, 3.05) is 6.54 Å². The number of amides is 1. The minimum atomic E-state index is -4.56. The Morgan fingerprint density at radius 1 is 1.32 bits per heavy atom. The Kier molecular flexibility index (Phi) is 5.42. The normalized spacial score (nSPS) is 18.1. The number of hydrogen-bond donors (Lipinski definition) is 1. The Bertz CT molecular complexity index is 879. The maximum absolute atomic E-state index is 13.7. The fourth-order valence-electron chi connectivity index (χ4n) is 3.36. The molecular weight excluding hydrogens is 383 g/mol. The number of fused-ring (bicyclic) bond motifs is 1. The summed E-state index contributed by atoms with van der Waals surface area (Å²) in [4.78, 5) is 17.6. The fraction of sp³-hybridized carbons (Fsp3) is 0.444. The first-order valence-corrected chi connectivity index (χ1v) is 8.69. The molecule has 0 bridgehead atoms. The minimum Gasteiger partial charge on any atom is -0.331 e. The van der Waals surface area contributed by atoms with Gasteiger partial charge in [0.05, 0.1) is 6.04 Å². The van der Waals surface area contributed by atoms with Crippen molar-refractivity contribution >= 4 is 5.91 Å². The molecule has 3 rings (SSSR count). The van der Waals surface area contributed by atoms with Crippen molar-refractivity contribution in [2.45, 2.75) is 44.6 Å². The van der Waals surface area contributed by atoms with Crippen LogP contribution in [-0.4, -0.2) is 32.9 Å². The summed E-state index contributed by atoms with van der Waals surface area (Å²) >= 11 is 0. The van der Waals surface area contributed by atoms with Crippen molar-refractivity contribution in [2.24, 2.45) is 5.73 Å². The molecule has 0 saturated carbocycles. The van der Waals surface area contributed by atoms with Crippen molar-refractivity contribution in [3.63, 3.8) is 0 Å². The molecule has 1 aromatic heterocycles. The van der Waals surface area contributed by atoms with Crippen molar-refractivity contribution in [3.8, 4) is 0 Å². The molecule has 0 aliphatic carbocycles. The molecule has 152 valence electrons. The van der Waals surface area contributed by atoms with Crippen LogP contribution in [0.15, 0.2) is 24.4 Å². The monoisotopic (exact) mass is 402 g/mol. The fourth-order valence-corrected chi connectivity index (χ4v) is 3.36. The van der Waals surface area contributed by atoms with E-state index in [4.69, 9.17) is 5.73 Å². The molecule has 2 N–H and O–H groups in total. The number of aromatic nitrogens is 2. The quantitative estimate of drug-likeness (QED) is 0.800. The summed E-state index contributed by atoms with van der Waals surface area (Å²) in [6.07, 6.45) is -3.81. The first-order chi connectivity index (χ1) is 13.1. The van der Waals surface area contributed by atoms with Gasteiger partial charge in [-0.15, -0.1) is 0 Å². The summed E-state index contributed by atoms with van der Waals surface area (Å²) in [5.74, 6) is -1.44. The lowest BCUT2D eigenvalue weighted by Crippen LogP contribution is -2.43. The van der Waals surface area contributed by atoms with Crippen LogP contribution in [0.4, 0.5) is 22.0 Å². The number of carbonyl (C=O) groups is 1. The van der Waals surface area contributed by atoms with Crippen molar-refractivity contribution in [1.29, 1.82) is 0 Å². The molecule has 2 aromatic rings. The van der Waals surface area contributed by atoms with Gasteiger partial charge < -0.3 is 15.2 Å². The van der Waals surface area contributed by atoms with Crippen molar-refractivity contribution < 1.29 is 26.7 Å². The number of alkyl halides is 3. The lowest BCUT2D eigenvalue weighted by atomic mass is 10.0. The number of nitrogens with zero attached hydrogens (tertiary/aromatic N) is 3. The van der Waals surface area contributed by atoms with Gasteiger partial charge in [0.2, 0.25) is 5.91 Å². The molecule has 0 spiro atoms. The highest BCUT2D eigenvalue weighted by Crippen LogP contribution is 2.32. The van der Waals surface area contributed by atoms with E-state index in [1.54, 1.807) is 6.92 Å². The average molecular weight is 402 g/mol. The maximum atomic E-state index is 13.7. The summed E-state index contributed by atoms with van der Waals surface area (Å²) in [5, 5.41) is 0. The zero-order valence-corrected chi connectivity index (χ0v) is 15.0. The average Bonchev–Trinajstić information content (AvgIpc) is 3.04. The summed E-state index contributed by atoms with van der Waals surface area (Å²) in [6.45, 7) is 1.98. The number of rotatable bonds is 4. The molecule has 1 aromatic carbocycles. The van der Waals surface area contributed by atoms with E-state index >= 15 is 0 Å². The first kappa shape index (κ1) is 20.2. The molecule has 2 heterocycles. The van der Waals surface area contributed by atoms with Gasteiger partial charge in [-0.05, 0) is 37.1 Å². The van der Waals surface area contributed by atoms with E-state index in [9.17, 15) is 26.7 Å². The van der Waals surface area contributed by atoms with Crippen LogP contribution in [0.3, 0.4) is 0 Å². The van der Waals surface area contributed by atoms with Gasteiger partial charge in [-0.2, -0.15) is 13.2 Å². The molecule has 1 aliphatic rings. The third-order valence-corrected chi connectivity index (χ3v) is 4.77. The van der Waals surface area contributed by atoms with Gasteiger partial charge in [-0.25, -0.2) is 13.8 Å². The number of benzene rings is 1. The molecule has 5 nitrogen and oxygen atoms in total. The van der Waals surface area contributed by atoms with E-state index in [-0.39, 0.29) is 43.2 Å². The van der Waals surface area contributed by atoms with E-state index in [0.29, 0.717) is 0 Å². The molecule has 0 fully saturated rings. The third-order valence-electron chi connectivity index (χ3n) is 4.77. The van der Waals surface area contributed by atoms with Crippen LogP contribution in [0.1, 0.15) is 36.5 Å². The lowest BCUT2D eigenvalue weighted by Gasteiger charge is -2.34. The number of nitrogens with two attached hydrogens (primary N) is 1. The number of carbonyl (C=O) groups excluding carboxylic acids is 1. The van der Waals surface area contributed by atoms with E-state index in [1.807, 2.05) is 0 Å². The molecule has 0 radical (unpaired) electrons. The third kappa shape index (κ3) is 4.16.